The zero-order chi connectivity index (χ0) is 15.0. The quantitative estimate of drug-likeness (QED) is 0.691. The largest absolute Gasteiger partial charge is 0.306 e. The number of nitrogens with zero attached hydrogens (tertiary/aromatic N) is 3. The fraction of sp³-hybridized carbons (Fsp3) is 0.938. The molecule has 4 heteroatoms. The summed E-state index contributed by atoms with van der Waals surface area (Å²) in [6, 6.07) is 3.16. The highest BCUT2D eigenvalue weighted by molar-refractivity contribution is 5.03. The van der Waals surface area contributed by atoms with Gasteiger partial charge >= 0.3 is 0 Å². The molecule has 0 aromatic heterocycles. The Morgan fingerprint density at radius 3 is 2.55 bits per heavy atom. The lowest BCUT2D eigenvalue weighted by Crippen LogP contribution is -2.42. The highest BCUT2D eigenvalue weighted by atomic mass is 15.2. The van der Waals surface area contributed by atoms with Gasteiger partial charge in [0.2, 0.25) is 0 Å². The highest BCUT2D eigenvalue weighted by Gasteiger charge is 2.22. The summed E-state index contributed by atoms with van der Waals surface area (Å²) >= 11 is 0. The maximum absolute atomic E-state index is 9.23. The normalized spacial score (nSPS) is 20.8. The molecule has 4 nitrogen and oxygen atoms in total. The van der Waals surface area contributed by atoms with Crippen molar-refractivity contribution in [3.8, 4) is 6.07 Å². The second-order valence-electron chi connectivity index (χ2n) is 6.45. The first-order valence-electron chi connectivity index (χ1n) is 8.06. The highest BCUT2D eigenvalue weighted by Crippen LogP contribution is 2.16. The van der Waals surface area contributed by atoms with Crippen molar-refractivity contribution in [2.24, 2.45) is 0 Å². The third-order valence-electron chi connectivity index (χ3n) is 4.56. The number of nitriles is 1. The predicted molar refractivity (Wildman–Crippen MR) is 84.7 cm³/mol. The van der Waals surface area contributed by atoms with Crippen LogP contribution in [0.25, 0.3) is 0 Å². The molecule has 0 spiro atoms. The van der Waals surface area contributed by atoms with Crippen molar-refractivity contribution < 1.29 is 0 Å². The van der Waals surface area contributed by atoms with Crippen LogP contribution >= 0.6 is 0 Å². The van der Waals surface area contributed by atoms with E-state index < -0.39 is 0 Å². The van der Waals surface area contributed by atoms with E-state index in [-0.39, 0.29) is 5.54 Å². The third kappa shape index (κ3) is 5.78. The lowest BCUT2D eigenvalue weighted by Gasteiger charge is -2.35. The molecule has 0 aromatic rings. The molecule has 1 aliphatic heterocycles. The number of hydrogen-bond donors (Lipinski definition) is 1. The summed E-state index contributed by atoms with van der Waals surface area (Å²) in [6.45, 7) is 8.53. The van der Waals surface area contributed by atoms with Crippen molar-refractivity contribution in [3.63, 3.8) is 0 Å². The number of likely N-dealkylation sites (tertiary alicyclic amines) is 1. The van der Waals surface area contributed by atoms with E-state index in [0.717, 1.165) is 32.0 Å². The molecule has 0 aliphatic carbocycles. The van der Waals surface area contributed by atoms with Gasteiger partial charge in [-0.15, -0.1) is 0 Å². The van der Waals surface area contributed by atoms with E-state index in [2.05, 4.69) is 42.2 Å². The van der Waals surface area contributed by atoms with Crippen molar-refractivity contribution in [2.45, 2.75) is 57.5 Å². The van der Waals surface area contributed by atoms with Gasteiger partial charge in [-0.1, -0.05) is 6.92 Å². The van der Waals surface area contributed by atoms with Gasteiger partial charge in [-0.05, 0) is 79.3 Å². The maximum atomic E-state index is 9.23. The van der Waals surface area contributed by atoms with Gasteiger partial charge in [0.15, 0.2) is 0 Å². The Labute approximate surface area is 125 Å². The number of unbranched alkanes of at least 4 members (excludes halogenated alkanes) is 1. The average Bonchev–Trinajstić information content (AvgIpc) is 2.44. The molecule has 1 rings (SSSR count). The minimum atomic E-state index is -0.346. The van der Waals surface area contributed by atoms with Crippen molar-refractivity contribution in [1.82, 2.24) is 15.1 Å². The van der Waals surface area contributed by atoms with Gasteiger partial charge in [0.1, 0.15) is 5.54 Å². The van der Waals surface area contributed by atoms with Crippen LogP contribution in [0, 0.1) is 11.3 Å². The van der Waals surface area contributed by atoms with Crippen LogP contribution in [0.4, 0.5) is 0 Å². The van der Waals surface area contributed by atoms with Crippen LogP contribution in [-0.2, 0) is 0 Å². The van der Waals surface area contributed by atoms with E-state index >= 15 is 0 Å². The van der Waals surface area contributed by atoms with Crippen LogP contribution in [0.5, 0.6) is 0 Å². The van der Waals surface area contributed by atoms with Gasteiger partial charge < -0.3 is 9.80 Å². The molecule has 1 atom stereocenters. The Hall–Kier alpha value is -0.630. The molecule has 116 valence electrons. The molecule has 20 heavy (non-hydrogen) atoms. The SMILES string of the molecule is CCNC(C)(C#N)CCCCN(C)C1CCN(C)CC1. The predicted octanol–water partition coefficient (Wildman–Crippen LogP) is 2.07. The number of hydrogen-bond acceptors (Lipinski definition) is 4. The summed E-state index contributed by atoms with van der Waals surface area (Å²) in [7, 11) is 4.46. The van der Waals surface area contributed by atoms with E-state index in [1.807, 2.05) is 6.92 Å². The van der Waals surface area contributed by atoms with Gasteiger partial charge in [0, 0.05) is 6.04 Å². The molecule has 1 fully saturated rings. The molecule has 0 saturated carbocycles. The maximum Gasteiger partial charge on any atom is 0.103 e. The summed E-state index contributed by atoms with van der Waals surface area (Å²) in [5, 5.41) is 12.5. The smallest absolute Gasteiger partial charge is 0.103 e. The number of piperidine rings is 1. The second-order valence-corrected chi connectivity index (χ2v) is 6.45. The topological polar surface area (TPSA) is 42.3 Å². The van der Waals surface area contributed by atoms with Gasteiger partial charge in [-0.3, -0.25) is 5.32 Å². The van der Waals surface area contributed by atoms with Gasteiger partial charge in [0.25, 0.3) is 0 Å². The van der Waals surface area contributed by atoms with Crippen molar-refractivity contribution in [3.05, 3.63) is 0 Å². The zero-order valence-corrected chi connectivity index (χ0v) is 13.8. The number of nitrogens with one attached hydrogen (secondary N) is 1. The summed E-state index contributed by atoms with van der Waals surface area (Å²) in [6.07, 6.45) is 5.83. The van der Waals surface area contributed by atoms with Crippen molar-refractivity contribution in [2.75, 3.05) is 40.3 Å². The van der Waals surface area contributed by atoms with Gasteiger partial charge in [-0.2, -0.15) is 5.26 Å². The zero-order valence-electron chi connectivity index (χ0n) is 13.8. The molecule has 0 amide bonds. The van der Waals surface area contributed by atoms with Crippen LogP contribution in [0.1, 0.15) is 46.0 Å². The molecule has 1 N–H and O–H groups in total. The Balaban J connectivity index is 2.19. The van der Waals surface area contributed by atoms with Crippen molar-refractivity contribution in [1.29, 1.82) is 5.26 Å². The fourth-order valence-electron chi connectivity index (χ4n) is 3.03. The van der Waals surface area contributed by atoms with E-state index in [4.69, 9.17) is 0 Å². The Morgan fingerprint density at radius 1 is 1.35 bits per heavy atom. The van der Waals surface area contributed by atoms with Crippen molar-refractivity contribution >= 4 is 0 Å². The van der Waals surface area contributed by atoms with E-state index in [1.165, 1.54) is 32.4 Å². The lowest BCUT2D eigenvalue weighted by molar-refractivity contribution is 0.142. The molecule has 0 aromatic carbocycles. The van der Waals surface area contributed by atoms with Crippen LogP contribution in [0.15, 0.2) is 0 Å². The van der Waals surface area contributed by atoms with Gasteiger partial charge in [0.05, 0.1) is 6.07 Å². The summed E-state index contributed by atoms with van der Waals surface area (Å²) in [5.74, 6) is 0. The first-order chi connectivity index (χ1) is 9.50. The van der Waals surface area contributed by atoms with Crippen LogP contribution in [0.2, 0.25) is 0 Å². The minimum absolute atomic E-state index is 0.346. The molecule has 0 bridgehead atoms. The van der Waals surface area contributed by atoms with E-state index in [1.54, 1.807) is 0 Å². The van der Waals surface area contributed by atoms with Crippen LogP contribution < -0.4 is 5.32 Å². The average molecular weight is 280 g/mol. The third-order valence-corrected chi connectivity index (χ3v) is 4.56. The monoisotopic (exact) mass is 280 g/mol. The summed E-state index contributed by atoms with van der Waals surface area (Å²) in [4.78, 5) is 4.93. The van der Waals surface area contributed by atoms with Crippen LogP contribution in [0.3, 0.4) is 0 Å². The molecule has 1 heterocycles. The first-order valence-corrected chi connectivity index (χ1v) is 8.06. The molecular weight excluding hydrogens is 248 g/mol. The molecule has 1 aliphatic rings. The molecule has 1 saturated heterocycles. The Kier molecular flexibility index (Phi) is 7.50. The number of rotatable bonds is 8. The lowest BCUT2D eigenvalue weighted by atomic mass is 9.96. The Morgan fingerprint density at radius 2 is 2.00 bits per heavy atom. The molecular formula is C16H32N4. The fourth-order valence-corrected chi connectivity index (χ4v) is 3.03. The minimum Gasteiger partial charge on any atom is -0.306 e. The molecule has 1 unspecified atom stereocenters. The van der Waals surface area contributed by atoms with E-state index in [9.17, 15) is 5.26 Å². The standard InChI is InChI=1S/C16H32N4/c1-5-18-16(2,14-17)10-6-7-11-20(4)15-8-12-19(3)13-9-15/h15,18H,5-13H2,1-4H3. The Bertz CT molecular complexity index is 304. The summed E-state index contributed by atoms with van der Waals surface area (Å²) < 4.78 is 0. The second kappa shape index (κ2) is 8.61. The van der Waals surface area contributed by atoms with E-state index in [0.29, 0.717) is 0 Å². The first kappa shape index (κ1) is 17.4. The van der Waals surface area contributed by atoms with Crippen LogP contribution in [-0.4, -0.2) is 61.7 Å². The molecule has 0 radical (unpaired) electrons. The van der Waals surface area contributed by atoms with Gasteiger partial charge in [-0.25, -0.2) is 0 Å². The summed E-state index contributed by atoms with van der Waals surface area (Å²) in [5.41, 5.74) is -0.346.